The zero-order valence-corrected chi connectivity index (χ0v) is 13.9. The van der Waals surface area contributed by atoms with E-state index in [-0.39, 0.29) is 5.41 Å². The van der Waals surface area contributed by atoms with Gasteiger partial charge in [0.05, 0.1) is 0 Å². The van der Waals surface area contributed by atoms with Crippen LogP contribution in [0.25, 0.3) is 0 Å². The number of nitrogens with one attached hydrogen (secondary N) is 2. The number of carbonyl (C=O) groups is 1. The highest BCUT2D eigenvalue weighted by Gasteiger charge is 2.20. The van der Waals surface area contributed by atoms with Crippen LogP contribution in [0.3, 0.4) is 0 Å². The standard InChI is InChI=1S/C18H28N2O2/c1-18(2,3)8-6-16(17(21)22)20-11-13-4-5-14-7-9-19-12-15(14)10-13/h4-5,10,16,19-20H,6-9,11-12H2,1-3H3,(H,21,22). The van der Waals surface area contributed by atoms with Crippen molar-refractivity contribution in [1.82, 2.24) is 10.6 Å². The third kappa shape index (κ3) is 5.11. The molecule has 0 amide bonds. The Kier molecular flexibility index (Phi) is 5.59. The molecular formula is C18H28N2O2. The Labute approximate surface area is 133 Å². The Morgan fingerprint density at radius 2 is 2.14 bits per heavy atom. The molecule has 0 saturated carbocycles. The summed E-state index contributed by atoms with van der Waals surface area (Å²) in [5, 5.41) is 15.9. The minimum absolute atomic E-state index is 0.160. The Morgan fingerprint density at radius 3 is 2.82 bits per heavy atom. The molecule has 0 aromatic heterocycles. The van der Waals surface area contributed by atoms with Gasteiger partial charge < -0.3 is 15.7 Å². The van der Waals surface area contributed by atoms with Crippen molar-refractivity contribution in [2.75, 3.05) is 6.54 Å². The molecule has 0 aliphatic carbocycles. The number of hydrogen-bond acceptors (Lipinski definition) is 3. The van der Waals surface area contributed by atoms with Crippen molar-refractivity contribution in [1.29, 1.82) is 0 Å². The molecule has 4 nitrogen and oxygen atoms in total. The van der Waals surface area contributed by atoms with Crippen LogP contribution in [0.1, 0.15) is 50.3 Å². The van der Waals surface area contributed by atoms with Crippen LogP contribution in [0.2, 0.25) is 0 Å². The molecule has 1 aliphatic heterocycles. The third-order valence-corrected chi connectivity index (χ3v) is 4.19. The molecule has 122 valence electrons. The molecule has 4 heteroatoms. The zero-order chi connectivity index (χ0) is 16.2. The summed E-state index contributed by atoms with van der Waals surface area (Å²) in [4.78, 5) is 11.4. The molecule has 3 N–H and O–H groups in total. The molecule has 1 atom stereocenters. The van der Waals surface area contributed by atoms with Crippen LogP contribution in [-0.2, 0) is 24.3 Å². The molecule has 0 fully saturated rings. The molecule has 22 heavy (non-hydrogen) atoms. The second kappa shape index (κ2) is 7.25. The topological polar surface area (TPSA) is 61.4 Å². The predicted octanol–water partition coefficient (Wildman–Crippen LogP) is 2.70. The van der Waals surface area contributed by atoms with Crippen molar-refractivity contribution in [3.8, 4) is 0 Å². The van der Waals surface area contributed by atoms with E-state index in [1.807, 2.05) is 0 Å². The molecule has 0 spiro atoms. The highest BCUT2D eigenvalue weighted by atomic mass is 16.4. The maximum absolute atomic E-state index is 11.4. The van der Waals surface area contributed by atoms with E-state index in [0.29, 0.717) is 13.0 Å². The van der Waals surface area contributed by atoms with Crippen LogP contribution in [0.15, 0.2) is 18.2 Å². The van der Waals surface area contributed by atoms with Gasteiger partial charge in [-0.2, -0.15) is 0 Å². The maximum Gasteiger partial charge on any atom is 0.320 e. The Balaban J connectivity index is 1.93. The van der Waals surface area contributed by atoms with Gasteiger partial charge in [0.15, 0.2) is 0 Å². The molecule has 1 unspecified atom stereocenters. The van der Waals surface area contributed by atoms with E-state index in [0.717, 1.165) is 31.5 Å². The summed E-state index contributed by atoms with van der Waals surface area (Å²) in [5.41, 5.74) is 4.06. The Bertz CT molecular complexity index is 520. The van der Waals surface area contributed by atoms with Crippen LogP contribution in [0.4, 0.5) is 0 Å². The van der Waals surface area contributed by atoms with Gasteiger partial charge in [-0.05, 0) is 47.9 Å². The first-order chi connectivity index (χ1) is 10.3. The molecular weight excluding hydrogens is 276 g/mol. The van der Waals surface area contributed by atoms with Crippen molar-refractivity contribution in [2.24, 2.45) is 5.41 Å². The van der Waals surface area contributed by atoms with Crippen LogP contribution >= 0.6 is 0 Å². The van der Waals surface area contributed by atoms with Gasteiger partial charge in [-0.25, -0.2) is 0 Å². The van der Waals surface area contributed by atoms with E-state index >= 15 is 0 Å². The molecule has 1 aromatic rings. The maximum atomic E-state index is 11.4. The monoisotopic (exact) mass is 304 g/mol. The van der Waals surface area contributed by atoms with E-state index in [4.69, 9.17) is 0 Å². The highest BCUT2D eigenvalue weighted by molar-refractivity contribution is 5.73. The molecule has 1 heterocycles. The summed E-state index contributed by atoms with van der Waals surface area (Å²) in [7, 11) is 0. The summed E-state index contributed by atoms with van der Waals surface area (Å²) >= 11 is 0. The number of hydrogen-bond donors (Lipinski definition) is 3. The van der Waals surface area contributed by atoms with Gasteiger partial charge in [-0.3, -0.25) is 4.79 Å². The molecule has 2 rings (SSSR count). The van der Waals surface area contributed by atoms with Crippen LogP contribution in [0.5, 0.6) is 0 Å². The fourth-order valence-electron chi connectivity index (χ4n) is 2.78. The number of aliphatic carboxylic acids is 1. The van der Waals surface area contributed by atoms with Gasteiger partial charge in [-0.1, -0.05) is 39.0 Å². The van der Waals surface area contributed by atoms with Crippen molar-refractivity contribution in [2.45, 2.75) is 59.2 Å². The lowest BCUT2D eigenvalue weighted by atomic mass is 9.88. The second-order valence-electron chi connectivity index (χ2n) is 7.40. The highest BCUT2D eigenvalue weighted by Crippen LogP contribution is 2.22. The van der Waals surface area contributed by atoms with E-state index in [1.54, 1.807) is 0 Å². The summed E-state index contributed by atoms with van der Waals surface area (Å²) in [6.07, 6.45) is 2.63. The third-order valence-electron chi connectivity index (χ3n) is 4.19. The van der Waals surface area contributed by atoms with Gasteiger partial charge in [0.25, 0.3) is 0 Å². The SMILES string of the molecule is CC(C)(C)CCC(NCc1ccc2c(c1)CNCC2)C(=O)O. The van der Waals surface area contributed by atoms with E-state index in [1.165, 1.54) is 11.1 Å². The summed E-state index contributed by atoms with van der Waals surface area (Å²) in [6, 6.07) is 6.00. The quantitative estimate of drug-likeness (QED) is 0.756. The Morgan fingerprint density at radius 1 is 1.36 bits per heavy atom. The van der Waals surface area contributed by atoms with Gasteiger partial charge in [-0.15, -0.1) is 0 Å². The van der Waals surface area contributed by atoms with E-state index in [9.17, 15) is 9.90 Å². The zero-order valence-electron chi connectivity index (χ0n) is 13.9. The van der Waals surface area contributed by atoms with Crippen LogP contribution in [0, 0.1) is 5.41 Å². The number of fused-ring (bicyclic) bond motifs is 1. The first-order valence-electron chi connectivity index (χ1n) is 8.13. The summed E-state index contributed by atoms with van der Waals surface area (Å²) in [5.74, 6) is -0.760. The molecule has 0 saturated heterocycles. The van der Waals surface area contributed by atoms with Crippen molar-refractivity contribution >= 4 is 5.97 Å². The lowest BCUT2D eigenvalue weighted by Gasteiger charge is -2.22. The van der Waals surface area contributed by atoms with Crippen molar-refractivity contribution in [3.63, 3.8) is 0 Å². The summed E-state index contributed by atoms with van der Waals surface area (Å²) < 4.78 is 0. The minimum atomic E-state index is -0.760. The van der Waals surface area contributed by atoms with Crippen LogP contribution < -0.4 is 10.6 Å². The summed E-state index contributed by atoms with van der Waals surface area (Å²) in [6.45, 7) is 8.98. The second-order valence-corrected chi connectivity index (χ2v) is 7.40. The van der Waals surface area contributed by atoms with Gasteiger partial charge in [0, 0.05) is 13.1 Å². The number of carboxylic acid groups (broad SMARTS) is 1. The average Bonchev–Trinajstić information content (AvgIpc) is 2.45. The first-order valence-corrected chi connectivity index (χ1v) is 8.13. The van der Waals surface area contributed by atoms with Crippen LogP contribution in [-0.4, -0.2) is 23.7 Å². The molecule has 1 aliphatic rings. The first kappa shape index (κ1) is 17.0. The lowest BCUT2D eigenvalue weighted by Crippen LogP contribution is -2.37. The largest absolute Gasteiger partial charge is 0.480 e. The van der Waals surface area contributed by atoms with Crippen molar-refractivity contribution < 1.29 is 9.90 Å². The number of benzene rings is 1. The molecule has 0 bridgehead atoms. The minimum Gasteiger partial charge on any atom is -0.480 e. The van der Waals surface area contributed by atoms with Gasteiger partial charge in [0.1, 0.15) is 6.04 Å². The fraction of sp³-hybridized carbons (Fsp3) is 0.611. The lowest BCUT2D eigenvalue weighted by molar-refractivity contribution is -0.139. The normalized spacial score (nSPS) is 16.1. The smallest absolute Gasteiger partial charge is 0.320 e. The average molecular weight is 304 g/mol. The van der Waals surface area contributed by atoms with Crippen molar-refractivity contribution in [3.05, 3.63) is 34.9 Å². The Hall–Kier alpha value is -1.39. The van der Waals surface area contributed by atoms with Gasteiger partial charge >= 0.3 is 5.97 Å². The predicted molar refractivity (Wildman–Crippen MR) is 88.8 cm³/mol. The van der Waals surface area contributed by atoms with E-state index in [2.05, 4.69) is 49.6 Å². The molecule has 1 aromatic carbocycles. The van der Waals surface area contributed by atoms with Gasteiger partial charge in [0.2, 0.25) is 0 Å². The van der Waals surface area contributed by atoms with E-state index < -0.39 is 12.0 Å². The number of carboxylic acids is 1. The molecule has 0 radical (unpaired) electrons. The fourth-order valence-corrected chi connectivity index (χ4v) is 2.78. The number of rotatable bonds is 6.